The number of nitrogens with one attached hydrogen (secondary N) is 3. The zero-order chi connectivity index (χ0) is 24.5. The number of piperidine rings is 1. The molecule has 1 fully saturated rings. The molecular weight excluding hydrogens is 460 g/mol. The molecule has 0 spiro atoms. The van der Waals surface area contributed by atoms with E-state index >= 15 is 0 Å². The number of benzene rings is 2. The summed E-state index contributed by atoms with van der Waals surface area (Å²) in [6.07, 6.45) is 1.02. The molecule has 184 valence electrons. The quantitative estimate of drug-likeness (QED) is 0.407. The molecule has 0 atom stereocenters. The second kappa shape index (κ2) is 12.5. The first-order valence-electron chi connectivity index (χ1n) is 12.0. The molecule has 1 saturated heterocycles. The summed E-state index contributed by atoms with van der Waals surface area (Å²) in [4.78, 5) is 29.1. The van der Waals surface area contributed by atoms with Crippen molar-refractivity contribution in [2.45, 2.75) is 25.5 Å². The standard InChI is InChI=1S/C27H32N4O3S/c1-28-19-22-11-12-25(35-22)26(32)29-15-18-31-16-13-21(14-17-31)34-27(33)30-24-10-6-5-9-23(24)20-7-3-2-4-8-20/h2-12,21,28H,13-19H2,1H3,(H,29,32)(H,30,33). The molecule has 2 heterocycles. The molecule has 1 aliphatic rings. The number of hydrogen-bond donors (Lipinski definition) is 3. The third-order valence-corrected chi connectivity index (χ3v) is 7.09. The van der Waals surface area contributed by atoms with E-state index in [9.17, 15) is 9.59 Å². The molecule has 8 heteroatoms. The van der Waals surface area contributed by atoms with Crippen molar-refractivity contribution < 1.29 is 14.3 Å². The highest BCUT2D eigenvalue weighted by Gasteiger charge is 2.23. The van der Waals surface area contributed by atoms with E-state index < -0.39 is 6.09 Å². The summed E-state index contributed by atoms with van der Waals surface area (Å²) in [7, 11) is 1.89. The maximum Gasteiger partial charge on any atom is 0.411 e. The highest BCUT2D eigenvalue weighted by atomic mass is 32.1. The molecule has 0 aliphatic carbocycles. The van der Waals surface area contributed by atoms with Crippen molar-refractivity contribution in [3.63, 3.8) is 0 Å². The monoisotopic (exact) mass is 492 g/mol. The Morgan fingerprint density at radius 2 is 1.74 bits per heavy atom. The number of hydrogen-bond acceptors (Lipinski definition) is 6. The molecule has 35 heavy (non-hydrogen) atoms. The lowest BCUT2D eigenvalue weighted by Crippen LogP contribution is -2.42. The maximum absolute atomic E-state index is 12.6. The smallest absolute Gasteiger partial charge is 0.411 e. The number of thiophene rings is 1. The van der Waals surface area contributed by atoms with Crippen molar-refractivity contribution in [2.24, 2.45) is 0 Å². The van der Waals surface area contributed by atoms with Gasteiger partial charge >= 0.3 is 6.09 Å². The fourth-order valence-electron chi connectivity index (χ4n) is 4.19. The van der Waals surface area contributed by atoms with Crippen LogP contribution in [0.3, 0.4) is 0 Å². The lowest BCUT2D eigenvalue weighted by atomic mass is 10.0. The summed E-state index contributed by atoms with van der Waals surface area (Å²) < 4.78 is 5.71. The second-order valence-electron chi connectivity index (χ2n) is 8.54. The Hall–Kier alpha value is -3.20. The minimum atomic E-state index is -0.423. The lowest BCUT2D eigenvalue weighted by Gasteiger charge is -2.31. The van der Waals surface area contributed by atoms with Gasteiger partial charge in [0.2, 0.25) is 0 Å². The van der Waals surface area contributed by atoms with Crippen LogP contribution in [-0.2, 0) is 11.3 Å². The first-order chi connectivity index (χ1) is 17.1. The van der Waals surface area contributed by atoms with Gasteiger partial charge in [-0.3, -0.25) is 10.1 Å². The van der Waals surface area contributed by atoms with Gasteiger partial charge in [-0.2, -0.15) is 0 Å². The van der Waals surface area contributed by atoms with Gasteiger partial charge in [-0.1, -0.05) is 48.5 Å². The van der Waals surface area contributed by atoms with Crippen molar-refractivity contribution in [2.75, 3.05) is 38.5 Å². The number of carbonyl (C=O) groups is 2. The van der Waals surface area contributed by atoms with Crippen LogP contribution in [0.1, 0.15) is 27.4 Å². The zero-order valence-corrected chi connectivity index (χ0v) is 20.8. The van der Waals surface area contributed by atoms with Gasteiger partial charge in [0, 0.05) is 43.2 Å². The average molecular weight is 493 g/mol. The van der Waals surface area contributed by atoms with Gasteiger partial charge in [-0.25, -0.2) is 4.79 Å². The summed E-state index contributed by atoms with van der Waals surface area (Å²) in [5, 5.41) is 9.02. The van der Waals surface area contributed by atoms with Crippen LogP contribution in [0.25, 0.3) is 11.1 Å². The van der Waals surface area contributed by atoms with Gasteiger partial charge in [0.05, 0.1) is 10.6 Å². The minimum absolute atomic E-state index is 0.0250. The summed E-state index contributed by atoms with van der Waals surface area (Å²) in [6.45, 7) is 3.82. The van der Waals surface area contributed by atoms with Crippen molar-refractivity contribution >= 4 is 29.0 Å². The molecule has 7 nitrogen and oxygen atoms in total. The number of likely N-dealkylation sites (tertiary alicyclic amines) is 1. The third-order valence-electron chi connectivity index (χ3n) is 6.01. The highest BCUT2D eigenvalue weighted by Crippen LogP contribution is 2.28. The van der Waals surface area contributed by atoms with Crippen molar-refractivity contribution in [1.29, 1.82) is 0 Å². The lowest BCUT2D eigenvalue weighted by molar-refractivity contribution is 0.0587. The van der Waals surface area contributed by atoms with Crippen LogP contribution in [0.15, 0.2) is 66.7 Å². The molecular formula is C27H32N4O3S. The topological polar surface area (TPSA) is 82.7 Å². The van der Waals surface area contributed by atoms with Gasteiger partial charge in [-0.15, -0.1) is 11.3 Å². The summed E-state index contributed by atoms with van der Waals surface area (Å²) in [5.74, 6) is -0.0250. The number of ether oxygens (including phenoxy) is 1. The highest BCUT2D eigenvalue weighted by molar-refractivity contribution is 7.14. The van der Waals surface area contributed by atoms with E-state index in [2.05, 4.69) is 20.9 Å². The molecule has 3 N–H and O–H groups in total. The fraction of sp³-hybridized carbons (Fsp3) is 0.333. The molecule has 2 amide bonds. The van der Waals surface area contributed by atoms with Crippen LogP contribution < -0.4 is 16.0 Å². The minimum Gasteiger partial charge on any atom is -0.446 e. The van der Waals surface area contributed by atoms with Gasteiger partial charge in [0.25, 0.3) is 5.91 Å². The van der Waals surface area contributed by atoms with E-state index in [1.54, 1.807) is 0 Å². The maximum atomic E-state index is 12.6. The zero-order valence-electron chi connectivity index (χ0n) is 20.0. The molecule has 2 aromatic carbocycles. The SMILES string of the molecule is CNCc1ccc(C(=O)NCCN2CCC(OC(=O)Nc3ccccc3-c3ccccc3)CC2)s1. The predicted molar refractivity (Wildman–Crippen MR) is 141 cm³/mol. The molecule has 0 unspecified atom stereocenters. The van der Waals surface area contributed by atoms with Crippen LogP contribution in [0.2, 0.25) is 0 Å². The molecule has 1 aliphatic heterocycles. The number of para-hydroxylation sites is 1. The molecule has 0 bridgehead atoms. The molecule has 1 aromatic heterocycles. The Bertz CT molecular complexity index is 1110. The first kappa shape index (κ1) is 24.9. The van der Waals surface area contributed by atoms with Crippen molar-refractivity contribution in [1.82, 2.24) is 15.5 Å². The Labute approximate surface area is 210 Å². The molecule has 0 saturated carbocycles. The van der Waals surface area contributed by atoms with E-state index in [1.807, 2.05) is 73.8 Å². The van der Waals surface area contributed by atoms with Gasteiger partial charge in [0.15, 0.2) is 0 Å². The van der Waals surface area contributed by atoms with Gasteiger partial charge < -0.3 is 20.3 Å². The van der Waals surface area contributed by atoms with E-state index in [4.69, 9.17) is 4.74 Å². The van der Waals surface area contributed by atoms with E-state index in [0.29, 0.717) is 6.54 Å². The second-order valence-corrected chi connectivity index (χ2v) is 9.70. The Kier molecular flexibility index (Phi) is 8.89. The van der Waals surface area contributed by atoms with Crippen LogP contribution in [0.4, 0.5) is 10.5 Å². The molecule has 0 radical (unpaired) electrons. The number of rotatable bonds is 9. The van der Waals surface area contributed by atoms with Crippen LogP contribution in [-0.4, -0.2) is 56.2 Å². The van der Waals surface area contributed by atoms with E-state index in [1.165, 1.54) is 11.3 Å². The van der Waals surface area contributed by atoms with Crippen LogP contribution in [0.5, 0.6) is 0 Å². The van der Waals surface area contributed by atoms with Gasteiger partial charge in [0.1, 0.15) is 6.10 Å². The fourth-order valence-corrected chi connectivity index (χ4v) is 5.12. The van der Waals surface area contributed by atoms with Crippen LogP contribution in [0, 0.1) is 0 Å². The van der Waals surface area contributed by atoms with Gasteiger partial charge in [-0.05, 0) is 43.7 Å². The van der Waals surface area contributed by atoms with Crippen molar-refractivity contribution in [3.05, 3.63) is 76.5 Å². The largest absolute Gasteiger partial charge is 0.446 e. The van der Waals surface area contributed by atoms with E-state index in [0.717, 1.165) is 65.6 Å². The Balaban J connectivity index is 1.18. The summed E-state index contributed by atoms with van der Waals surface area (Å²) >= 11 is 1.51. The Morgan fingerprint density at radius 3 is 2.51 bits per heavy atom. The van der Waals surface area contributed by atoms with Crippen LogP contribution >= 0.6 is 11.3 Å². The Morgan fingerprint density at radius 1 is 1.00 bits per heavy atom. The number of amides is 2. The third kappa shape index (κ3) is 7.14. The summed E-state index contributed by atoms with van der Waals surface area (Å²) in [5.41, 5.74) is 2.74. The van der Waals surface area contributed by atoms with Crippen molar-refractivity contribution in [3.8, 4) is 11.1 Å². The molecule has 4 rings (SSSR count). The first-order valence-corrected chi connectivity index (χ1v) is 12.8. The number of anilines is 1. The summed E-state index contributed by atoms with van der Waals surface area (Å²) in [6, 6.07) is 21.6. The number of carbonyl (C=O) groups excluding carboxylic acids is 2. The van der Waals surface area contributed by atoms with E-state index in [-0.39, 0.29) is 12.0 Å². The molecule has 3 aromatic rings. The number of nitrogens with zero attached hydrogens (tertiary/aromatic N) is 1. The predicted octanol–water partition coefficient (Wildman–Crippen LogP) is 4.58. The normalized spacial score (nSPS) is 14.4. The average Bonchev–Trinajstić information content (AvgIpc) is 3.35.